The van der Waals surface area contributed by atoms with Gasteiger partial charge in [-0.05, 0) is 73.2 Å². The van der Waals surface area contributed by atoms with E-state index in [9.17, 15) is 9.59 Å². The summed E-state index contributed by atoms with van der Waals surface area (Å²) in [6, 6.07) is 27.9. The third-order valence-corrected chi connectivity index (χ3v) is 7.67. The zero-order valence-electron chi connectivity index (χ0n) is 21.0. The topological polar surface area (TPSA) is 93.5 Å². The van der Waals surface area contributed by atoms with Gasteiger partial charge in [0, 0.05) is 21.5 Å². The molecule has 9 heteroatoms. The number of hydrogen-bond donors (Lipinski definition) is 2. The molecule has 0 radical (unpaired) electrons. The van der Waals surface area contributed by atoms with E-state index in [0.29, 0.717) is 17.4 Å². The number of carbonyl (C=O) groups excluding carboxylic acids is 2. The molecule has 7 nitrogen and oxygen atoms in total. The van der Waals surface area contributed by atoms with Gasteiger partial charge in [-0.25, -0.2) is 4.98 Å². The molecular formula is C30H25N3O4S2. The third-order valence-electron chi connectivity index (χ3n) is 5.65. The van der Waals surface area contributed by atoms with Gasteiger partial charge in [0.05, 0.1) is 18.6 Å². The van der Waals surface area contributed by atoms with Gasteiger partial charge in [0.25, 0.3) is 5.91 Å². The number of furan rings is 1. The summed E-state index contributed by atoms with van der Waals surface area (Å²) in [6.45, 7) is 2.56. The van der Waals surface area contributed by atoms with Crippen LogP contribution in [0.3, 0.4) is 0 Å². The quantitative estimate of drug-likeness (QED) is 0.173. The van der Waals surface area contributed by atoms with Gasteiger partial charge in [0.2, 0.25) is 5.91 Å². The highest BCUT2D eigenvalue weighted by atomic mass is 32.2. The summed E-state index contributed by atoms with van der Waals surface area (Å²) < 4.78 is 10.6. The normalized spacial score (nSPS) is 11.5. The molecule has 196 valence electrons. The Morgan fingerprint density at radius 1 is 0.949 bits per heavy atom. The summed E-state index contributed by atoms with van der Waals surface area (Å²) in [5, 5.41) is 7.74. The number of hydrogen-bond acceptors (Lipinski definition) is 7. The largest absolute Gasteiger partial charge is 0.494 e. The van der Waals surface area contributed by atoms with E-state index in [1.54, 1.807) is 24.3 Å². The van der Waals surface area contributed by atoms with Gasteiger partial charge in [-0.1, -0.05) is 30.3 Å². The number of carbonyl (C=O) groups is 2. The van der Waals surface area contributed by atoms with E-state index in [4.69, 9.17) is 9.15 Å². The van der Waals surface area contributed by atoms with Crippen LogP contribution in [-0.2, 0) is 4.79 Å². The van der Waals surface area contributed by atoms with Gasteiger partial charge >= 0.3 is 0 Å². The standard InChI is InChI=1S/C30H25N3O4S2/c1-2-36-23-14-10-20(11-15-23)25-19-38-30(32-25)33-29(35)27(21-7-4-3-5-8-21)39-24-16-12-22(13-17-24)31-28(34)26-9-6-18-37-26/h3-19,27H,2H2,1H3,(H,31,34)(H,32,33,35). The van der Waals surface area contributed by atoms with Crippen molar-refractivity contribution in [3.8, 4) is 17.0 Å². The van der Waals surface area contributed by atoms with Crippen LogP contribution in [0.1, 0.15) is 28.3 Å². The maximum absolute atomic E-state index is 13.5. The van der Waals surface area contributed by atoms with Crippen LogP contribution in [0.15, 0.2) is 112 Å². The Hall–Kier alpha value is -4.34. The lowest BCUT2D eigenvalue weighted by Gasteiger charge is -2.16. The highest BCUT2D eigenvalue weighted by Crippen LogP contribution is 2.37. The Balaban J connectivity index is 1.28. The second-order valence-electron chi connectivity index (χ2n) is 8.35. The van der Waals surface area contributed by atoms with Gasteiger partial charge in [0.1, 0.15) is 11.0 Å². The molecule has 1 unspecified atom stereocenters. The van der Waals surface area contributed by atoms with Crippen molar-refractivity contribution in [2.45, 2.75) is 17.1 Å². The van der Waals surface area contributed by atoms with E-state index in [2.05, 4.69) is 15.6 Å². The van der Waals surface area contributed by atoms with Crippen molar-refractivity contribution >= 4 is 45.7 Å². The van der Waals surface area contributed by atoms with Gasteiger partial charge in [0.15, 0.2) is 10.9 Å². The number of rotatable bonds is 10. The molecule has 0 bridgehead atoms. The van der Waals surface area contributed by atoms with Crippen LogP contribution >= 0.6 is 23.1 Å². The number of thioether (sulfide) groups is 1. The minimum Gasteiger partial charge on any atom is -0.494 e. The van der Waals surface area contributed by atoms with Crippen molar-refractivity contribution in [2.75, 3.05) is 17.2 Å². The fraction of sp³-hybridized carbons (Fsp3) is 0.100. The van der Waals surface area contributed by atoms with Gasteiger partial charge in [-0.3, -0.25) is 9.59 Å². The smallest absolute Gasteiger partial charge is 0.291 e. The first-order valence-corrected chi connectivity index (χ1v) is 14.0. The van der Waals surface area contributed by atoms with Crippen LogP contribution in [0.4, 0.5) is 10.8 Å². The molecule has 39 heavy (non-hydrogen) atoms. The Morgan fingerprint density at radius 3 is 2.41 bits per heavy atom. The lowest BCUT2D eigenvalue weighted by Crippen LogP contribution is -2.19. The van der Waals surface area contributed by atoms with Crippen molar-refractivity contribution in [3.63, 3.8) is 0 Å². The van der Waals surface area contributed by atoms with Crippen LogP contribution in [0.2, 0.25) is 0 Å². The monoisotopic (exact) mass is 555 g/mol. The molecule has 2 amide bonds. The summed E-state index contributed by atoms with van der Waals surface area (Å²) in [6.07, 6.45) is 1.45. The second-order valence-corrected chi connectivity index (χ2v) is 10.4. The van der Waals surface area contributed by atoms with E-state index in [-0.39, 0.29) is 17.6 Å². The summed E-state index contributed by atoms with van der Waals surface area (Å²) in [5.41, 5.74) is 3.24. The average molecular weight is 556 g/mol. The van der Waals surface area contributed by atoms with Crippen molar-refractivity contribution in [1.29, 1.82) is 0 Å². The van der Waals surface area contributed by atoms with Gasteiger partial charge in [-0.2, -0.15) is 0 Å². The van der Waals surface area contributed by atoms with Crippen LogP contribution in [-0.4, -0.2) is 23.4 Å². The minimum atomic E-state index is -0.507. The number of thiazole rings is 1. The zero-order valence-corrected chi connectivity index (χ0v) is 22.6. The fourth-order valence-corrected chi connectivity index (χ4v) is 5.52. The number of anilines is 2. The number of nitrogens with one attached hydrogen (secondary N) is 2. The molecule has 1 atom stereocenters. The molecule has 0 aliphatic heterocycles. The first kappa shape index (κ1) is 26.3. The van der Waals surface area contributed by atoms with Crippen molar-refractivity contribution in [2.24, 2.45) is 0 Å². The molecule has 5 rings (SSSR count). The number of nitrogens with zero attached hydrogens (tertiary/aromatic N) is 1. The van der Waals surface area contributed by atoms with E-state index in [0.717, 1.165) is 27.5 Å². The Labute approximate surface area is 234 Å². The molecule has 3 aromatic carbocycles. The maximum Gasteiger partial charge on any atom is 0.291 e. The van der Waals surface area contributed by atoms with E-state index in [1.807, 2.05) is 79.0 Å². The molecule has 0 aliphatic rings. The van der Waals surface area contributed by atoms with Crippen LogP contribution in [0.25, 0.3) is 11.3 Å². The molecule has 0 saturated carbocycles. The Morgan fingerprint density at radius 2 is 1.72 bits per heavy atom. The van der Waals surface area contributed by atoms with E-state index < -0.39 is 5.25 Å². The lowest BCUT2D eigenvalue weighted by atomic mass is 10.1. The highest BCUT2D eigenvalue weighted by Gasteiger charge is 2.23. The fourth-order valence-electron chi connectivity index (χ4n) is 3.78. The molecule has 2 N–H and O–H groups in total. The number of amides is 2. The predicted molar refractivity (Wildman–Crippen MR) is 155 cm³/mol. The minimum absolute atomic E-state index is 0.172. The average Bonchev–Trinajstić information content (AvgIpc) is 3.67. The summed E-state index contributed by atoms with van der Waals surface area (Å²) in [7, 11) is 0. The van der Waals surface area contributed by atoms with Crippen molar-refractivity contribution < 1.29 is 18.7 Å². The molecular weight excluding hydrogens is 530 g/mol. The number of aromatic nitrogens is 1. The zero-order chi connectivity index (χ0) is 27.0. The first-order valence-electron chi connectivity index (χ1n) is 12.2. The Bertz CT molecular complexity index is 1520. The second kappa shape index (κ2) is 12.5. The first-order chi connectivity index (χ1) is 19.1. The van der Waals surface area contributed by atoms with Crippen molar-refractivity contribution in [3.05, 3.63) is 114 Å². The molecule has 5 aromatic rings. The molecule has 0 fully saturated rings. The molecule has 2 heterocycles. The van der Waals surface area contributed by atoms with Crippen LogP contribution in [0, 0.1) is 0 Å². The van der Waals surface area contributed by atoms with Crippen LogP contribution < -0.4 is 15.4 Å². The maximum atomic E-state index is 13.5. The highest BCUT2D eigenvalue weighted by molar-refractivity contribution is 8.00. The number of ether oxygens (including phenoxy) is 1. The van der Waals surface area contributed by atoms with Crippen LogP contribution in [0.5, 0.6) is 5.75 Å². The van der Waals surface area contributed by atoms with E-state index >= 15 is 0 Å². The summed E-state index contributed by atoms with van der Waals surface area (Å²) in [5.74, 6) is 0.548. The Kier molecular flexibility index (Phi) is 8.40. The molecule has 0 saturated heterocycles. The summed E-state index contributed by atoms with van der Waals surface area (Å²) >= 11 is 2.80. The number of benzene rings is 3. The van der Waals surface area contributed by atoms with Gasteiger partial charge < -0.3 is 19.8 Å². The predicted octanol–water partition coefficient (Wildman–Crippen LogP) is 7.53. The lowest BCUT2D eigenvalue weighted by molar-refractivity contribution is -0.115. The molecule has 2 aromatic heterocycles. The SMILES string of the molecule is CCOc1ccc(-c2csc(NC(=O)C(Sc3ccc(NC(=O)c4ccco4)cc3)c3ccccc3)n2)cc1. The third kappa shape index (κ3) is 6.76. The van der Waals surface area contributed by atoms with Crippen molar-refractivity contribution in [1.82, 2.24) is 4.98 Å². The van der Waals surface area contributed by atoms with Gasteiger partial charge in [-0.15, -0.1) is 23.1 Å². The molecule has 0 spiro atoms. The summed E-state index contributed by atoms with van der Waals surface area (Å²) in [4.78, 5) is 31.2. The molecule has 0 aliphatic carbocycles. The van der Waals surface area contributed by atoms with E-state index in [1.165, 1.54) is 29.4 Å².